The third kappa shape index (κ3) is 1.50. The fourth-order valence-electron chi connectivity index (χ4n) is 1.77. The van der Waals surface area contributed by atoms with Gasteiger partial charge in [-0.1, -0.05) is 35.6 Å². The zero-order chi connectivity index (χ0) is 10.1. The number of fused-ring (bicyclic) bond motifs is 1. The van der Waals surface area contributed by atoms with Crippen LogP contribution < -0.4 is 5.73 Å². The number of rotatable bonds is 0. The summed E-state index contributed by atoms with van der Waals surface area (Å²) in [6.07, 6.45) is 8.15. The van der Waals surface area contributed by atoms with E-state index in [1.807, 2.05) is 12.3 Å². The molecule has 0 aromatic heterocycles. The van der Waals surface area contributed by atoms with Gasteiger partial charge in [0.2, 0.25) is 0 Å². The Morgan fingerprint density at radius 1 is 1.50 bits per heavy atom. The first-order valence-electron chi connectivity index (χ1n) is 4.53. The van der Waals surface area contributed by atoms with Gasteiger partial charge in [0.15, 0.2) is 5.17 Å². The Bertz CT molecular complexity index is 366. The summed E-state index contributed by atoms with van der Waals surface area (Å²) in [5.74, 6) is 0.864. The first-order valence-corrected chi connectivity index (χ1v) is 5.75. The van der Waals surface area contributed by atoms with E-state index in [-0.39, 0.29) is 12.0 Å². The van der Waals surface area contributed by atoms with E-state index >= 15 is 0 Å². The Labute approximate surface area is 87.9 Å². The third-order valence-corrected chi connectivity index (χ3v) is 3.05. The van der Waals surface area contributed by atoms with E-state index < -0.39 is 0 Å². The smallest absolute Gasteiger partial charge is 0.184 e. The molecule has 0 bridgehead atoms. The Hall–Kier alpha value is -1.03. The van der Waals surface area contributed by atoms with Crippen molar-refractivity contribution in [3.63, 3.8) is 0 Å². The van der Waals surface area contributed by atoms with Gasteiger partial charge in [0.25, 0.3) is 0 Å². The summed E-state index contributed by atoms with van der Waals surface area (Å²) in [7, 11) is 0. The molecule has 0 amide bonds. The fraction of sp³-hybridized carbons (Fsp3) is 0.400. The molecule has 14 heavy (non-hydrogen) atoms. The van der Waals surface area contributed by atoms with E-state index in [0.717, 1.165) is 5.17 Å². The molecule has 2 aliphatic rings. The van der Waals surface area contributed by atoms with Crippen LogP contribution in [0.3, 0.4) is 0 Å². The molecule has 4 heteroatoms. The van der Waals surface area contributed by atoms with Crippen LogP contribution in [-0.4, -0.2) is 23.3 Å². The van der Waals surface area contributed by atoms with Gasteiger partial charge >= 0.3 is 0 Å². The highest BCUT2D eigenvalue weighted by Gasteiger charge is 2.29. The lowest BCUT2D eigenvalue weighted by Gasteiger charge is -2.28. The normalized spacial score (nSPS) is 30.3. The minimum Gasteiger partial charge on any atom is -0.386 e. The summed E-state index contributed by atoms with van der Waals surface area (Å²) in [5.41, 5.74) is 7.17. The maximum Gasteiger partial charge on any atom is 0.184 e. The van der Waals surface area contributed by atoms with Crippen molar-refractivity contribution in [2.45, 2.75) is 13.0 Å². The van der Waals surface area contributed by atoms with Crippen LogP contribution in [0.1, 0.15) is 6.92 Å². The van der Waals surface area contributed by atoms with E-state index in [0.29, 0.717) is 5.84 Å². The number of allylic oxidation sites excluding steroid dienone is 2. The third-order valence-electron chi connectivity index (χ3n) is 2.48. The summed E-state index contributed by atoms with van der Waals surface area (Å²) < 4.78 is 0. The second kappa shape index (κ2) is 3.61. The molecule has 2 rings (SSSR count). The van der Waals surface area contributed by atoms with Crippen molar-refractivity contribution in [1.29, 1.82) is 0 Å². The van der Waals surface area contributed by atoms with E-state index in [9.17, 15) is 0 Å². The molecule has 0 fully saturated rings. The summed E-state index contributed by atoms with van der Waals surface area (Å²) in [6, 6.07) is 0.153. The van der Waals surface area contributed by atoms with Gasteiger partial charge in [-0.3, -0.25) is 4.99 Å². The van der Waals surface area contributed by atoms with Crippen LogP contribution in [0.25, 0.3) is 0 Å². The maximum absolute atomic E-state index is 5.93. The Morgan fingerprint density at radius 2 is 2.29 bits per heavy atom. The molecule has 1 heterocycles. The van der Waals surface area contributed by atoms with Crippen LogP contribution in [-0.2, 0) is 0 Å². The quantitative estimate of drug-likeness (QED) is 0.655. The molecule has 74 valence electrons. The maximum atomic E-state index is 5.93. The topological polar surface area (TPSA) is 50.7 Å². The predicted molar refractivity (Wildman–Crippen MR) is 62.7 cm³/mol. The Kier molecular flexibility index (Phi) is 2.46. The van der Waals surface area contributed by atoms with Gasteiger partial charge in [-0.05, 0) is 13.2 Å². The molecule has 2 unspecified atom stereocenters. The number of nitrogens with two attached hydrogens (primary N) is 1. The fourth-order valence-corrected chi connectivity index (χ4v) is 2.19. The molecule has 2 N–H and O–H groups in total. The average molecular weight is 207 g/mol. The van der Waals surface area contributed by atoms with Crippen LogP contribution in [0.2, 0.25) is 0 Å². The minimum atomic E-state index is 0.153. The van der Waals surface area contributed by atoms with Crippen molar-refractivity contribution in [2.75, 3.05) is 6.26 Å². The van der Waals surface area contributed by atoms with E-state index in [1.165, 1.54) is 17.3 Å². The van der Waals surface area contributed by atoms with Crippen molar-refractivity contribution in [3.05, 3.63) is 23.8 Å². The molecular formula is C10H13N3S. The van der Waals surface area contributed by atoms with E-state index in [4.69, 9.17) is 5.73 Å². The van der Waals surface area contributed by atoms with Gasteiger partial charge in [0.1, 0.15) is 5.84 Å². The number of nitrogens with zero attached hydrogens (tertiary/aromatic N) is 2. The zero-order valence-corrected chi connectivity index (χ0v) is 9.08. The first kappa shape index (κ1) is 9.52. The largest absolute Gasteiger partial charge is 0.386 e. The monoisotopic (exact) mass is 207 g/mol. The highest BCUT2D eigenvalue weighted by Crippen LogP contribution is 2.27. The number of aliphatic imine (C=N–C) groups is 2. The van der Waals surface area contributed by atoms with Crippen molar-refractivity contribution >= 4 is 22.8 Å². The van der Waals surface area contributed by atoms with Gasteiger partial charge < -0.3 is 5.73 Å². The van der Waals surface area contributed by atoms with Crippen molar-refractivity contribution in [1.82, 2.24) is 0 Å². The minimum absolute atomic E-state index is 0.153. The highest BCUT2D eigenvalue weighted by atomic mass is 32.2. The molecule has 2 atom stereocenters. The summed E-state index contributed by atoms with van der Waals surface area (Å²) in [4.78, 5) is 8.78. The summed E-state index contributed by atoms with van der Waals surface area (Å²) >= 11 is 1.54. The standard InChI is InChI=1S/C10H13N3S/c1-6-4-3-5-7-8(6)9(11)13-10(12-7)14-2/h3-5,7-8H,1-2H3,(H2,11,12,13). The molecule has 0 radical (unpaired) electrons. The van der Waals surface area contributed by atoms with Gasteiger partial charge in [-0.25, -0.2) is 4.99 Å². The molecule has 0 aromatic rings. The van der Waals surface area contributed by atoms with Crippen LogP contribution in [0.4, 0.5) is 0 Å². The van der Waals surface area contributed by atoms with Crippen LogP contribution >= 0.6 is 11.8 Å². The van der Waals surface area contributed by atoms with E-state index in [2.05, 4.69) is 29.1 Å². The highest BCUT2D eigenvalue weighted by molar-refractivity contribution is 8.13. The first-order chi connectivity index (χ1) is 6.72. The van der Waals surface area contributed by atoms with Crippen molar-refractivity contribution < 1.29 is 0 Å². The molecule has 0 saturated carbocycles. The molecule has 1 aliphatic carbocycles. The lowest BCUT2D eigenvalue weighted by molar-refractivity contribution is 0.671. The molecule has 3 nitrogen and oxygen atoms in total. The number of amidine groups is 2. The van der Waals surface area contributed by atoms with Crippen LogP contribution in [0, 0.1) is 5.92 Å². The second-order valence-corrected chi connectivity index (χ2v) is 4.19. The number of thioether (sulfide) groups is 1. The molecular weight excluding hydrogens is 194 g/mol. The van der Waals surface area contributed by atoms with Gasteiger partial charge in [-0.15, -0.1) is 0 Å². The predicted octanol–water partition coefficient (Wildman–Crippen LogP) is 1.58. The second-order valence-electron chi connectivity index (χ2n) is 3.42. The number of hydrogen-bond acceptors (Lipinski definition) is 4. The van der Waals surface area contributed by atoms with Crippen molar-refractivity contribution in [3.8, 4) is 0 Å². The summed E-state index contributed by atoms with van der Waals surface area (Å²) in [5, 5.41) is 0.781. The molecule has 0 aromatic carbocycles. The molecule has 1 aliphatic heterocycles. The Morgan fingerprint density at radius 3 is 3.00 bits per heavy atom. The van der Waals surface area contributed by atoms with Gasteiger partial charge in [-0.2, -0.15) is 0 Å². The zero-order valence-electron chi connectivity index (χ0n) is 8.27. The molecule has 0 saturated heterocycles. The van der Waals surface area contributed by atoms with Crippen LogP contribution in [0.15, 0.2) is 33.8 Å². The van der Waals surface area contributed by atoms with Gasteiger partial charge in [0.05, 0.1) is 12.0 Å². The van der Waals surface area contributed by atoms with Crippen molar-refractivity contribution in [2.24, 2.45) is 21.6 Å². The Balaban J connectivity index is 2.36. The van der Waals surface area contributed by atoms with Gasteiger partial charge in [0, 0.05) is 0 Å². The summed E-state index contributed by atoms with van der Waals surface area (Å²) in [6.45, 7) is 2.07. The van der Waals surface area contributed by atoms with E-state index in [1.54, 1.807) is 0 Å². The molecule has 0 spiro atoms. The SMILES string of the molecule is CSC1=NC2C=CC=C(C)C2C(N)=N1. The lowest BCUT2D eigenvalue weighted by Crippen LogP contribution is -2.37. The van der Waals surface area contributed by atoms with Crippen LogP contribution in [0.5, 0.6) is 0 Å². The number of hydrogen-bond donors (Lipinski definition) is 1. The average Bonchev–Trinajstić information content (AvgIpc) is 2.17. The lowest BCUT2D eigenvalue weighted by atomic mass is 9.87.